The van der Waals surface area contributed by atoms with E-state index in [2.05, 4.69) is 0 Å². The van der Waals surface area contributed by atoms with Gasteiger partial charge in [0, 0.05) is 10.8 Å². The highest BCUT2D eigenvalue weighted by molar-refractivity contribution is 6.01. The first kappa shape index (κ1) is 17.9. The first-order valence-corrected chi connectivity index (χ1v) is 9.21. The van der Waals surface area contributed by atoms with Gasteiger partial charge >= 0.3 is 12.2 Å². The highest BCUT2D eigenvalue weighted by Crippen LogP contribution is 2.33. The van der Waals surface area contributed by atoms with Gasteiger partial charge in [-0.25, -0.2) is 18.7 Å². The molecule has 0 saturated heterocycles. The first-order valence-electron chi connectivity index (χ1n) is 9.21. The van der Waals surface area contributed by atoms with Gasteiger partial charge in [-0.1, -0.05) is 36.4 Å². The molecular formula is C22H20N2O4. The third-order valence-corrected chi connectivity index (χ3v) is 4.58. The molecule has 2 aromatic heterocycles. The lowest BCUT2D eigenvalue weighted by Gasteiger charge is -2.12. The monoisotopic (exact) mass is 376 g/mol. The number of carbonyl (C=O) groups excluding carboxylic acids is 2. The lowest BCUT2D eigenvalue weighted by Crippen LogP contribution is -2.18. The summed E-state index contributed by atoms with van der Waals surface area (Å²) >= 11 is 0. The highest BCUT2D eigenvalue weighted by Gasteiger charge is 2.24. The number of nitrogens with zero attached hydrogens (tertiary/aromatic N) is 2. The zero-order chi connectivity index (χ0) is 19.7. The SMILES string of the molecule is CCOC(=O)n1c(-c2cc3ccccc3n2C(=O)OCC)cc2ccccc21. The third-order valence-electron chi connectivity index (χ3n) is 4.58. The van der Waals surface area contributed by atoms with Gasteiger partial charge in [-0.15, -0.1) is 0 Å². The standard InChI is InChI=1S/C22H20N2O4/c1-3-27-21(25)23-17-11-7-5-9-15(17)13-19(23)20-14-16-10-6-8-12-18(16)24(20)22(26)28-4-2/h5-14H,3-4H2,1-2H3. The van der Waals surface area contributed by atoms with Crippen molar-refractivity contribution < 1.29 is 19.1 Å². The zero-order valence-corrected chi connectivity index (χ0v) is 15.7. The number of hydrogen-bond donors (Lipinski definition) is 0. The third kappa shape index (κ3) is 2.83. The van der Waals surface area contributed by atoms with Gasteiger partial charge in [-0.2, -0.15) is 0 Å². The first-order chi connectivity index (χ1) is 13.7. The molecule has 4 aromatic rings. The minimum atomic E-state index is -0.487. The van der Waals surface area contributed by atoms with Gasteiger partial charge in [-0.3, -0.25) is 0 Å². The molecule has 6 nitrogen and oxygen atoms in total. The van der Waals surface area contributed by atoms with E-state index >= 15 is 0 Å². The van der Waals surface area contributed by atoms with Gasteiger partial charge in [0.25, 0.3) is 0 Å². The fourth-order valence-electron chi connectivity index (χ4n) is 3.46. The molecule has 0 aliphatic heterocycles. The Morgan fingerprint density at radius 3 is 1.50 bits per heavy atom. The van der Waals surface area contributed by atoms with Crippen LogP contribution in [0.4, 0.5) is 9.59 Å². The molecular weight excluding hydrogens is 356 g/mol. The molecule has 0 fully saturated rings. The second-order valence-corrected chi connectivity index (χ2v) is 6.25. The molecule has 6 heteroatoms. The summed E-state index contributed by atoms with van der Waals surface area (Å²) in [5, 5.41) is 1.76. The molecule has 28 heavy (non-hydrogen) atoms. The van der Waals surface area contributed by atoms with Crippen molar-refractivity contribution in [3.8, 4) is 11.4 Å². The largest absolute Gasteiger partial charge is 0.449 e. The van der Waals surface area contributed by atoms with E-state index in [0.717, 1.165) is 21.8 Å². The van der Waals surface area contributed by atoms with Crippen molar-refractivity contribution in [3.63, 3.8) is 0 Å². The van der Waals surface area contributed by atoms with E-state index in [1.54, 1.807) is 13.8 Å². The summed E-state index contributed by atoms with van der Waals surface area (Å²) in [6.45, 7) is 4.04. The van der Waals surface area contributed by atoms with Crippen LogP contribution >= 0.6 is 0 Å². The fourth-order valence-corrected chi connectivity index (χ4v) is 3.46. The molecule has 0 N–H and O–H groups in total. The van der Waals surface area contributed by atoms with E-state index < -0.39 is 12.2 Å². The summed E-state index contributed by atoms with van der Waals surface area (Å²) < 4.78 is 13.6. The van der Waals surface area contributed by atoms with Gasteiger partial charge in [0.15, 0.2) is 0 Å². The van der Waals surface area contributed by atoms with E-state index in [0.29, 0.717) is 11.4 Å². The second-order valence-electron chi connectivity index (χ2n) is 6.25. The van der Waals surface area contributed by atoms with Crippen molar-refractivity contribution in [2.24, 2.45) is 0 Å². The minimum Gasteiger partial charge on any atom is -0.449 e. The summed E-state index contributed by atoms with van der Waals surface area (Å²) in [7, 11) is 0. The molecule has 4 rings (SSSR count). The number of benzene rings is 2. The normalized spacial score (nSPS) is 11.1. The Labute approximate surface area is 161 Å². The van der Waals surface area contributed by atoms with Crippen molar-refractivity contribution in [3.05, 3.63) is 60.7 Å². The summed E-state index contributed by atoms with van der Waals surface area (Å²) in [6, 6.07) is 18.9. The highest BCUT2D eigenvalue weighted by atomic mass is 16.6. The smallest absolute Gasteiger partial charge is 0.419 e. The maximum atomic E-state index is 12.8. The van der Waals surface area contributed by atoms with Crippen LogP contribution in [-0.4, -0.2) is 34.5 Å². The Balaban J connectivity index is 2.04. The van der Waals surface area contributed by atoms with Crippen LogP contribution in [-0.2, 0) is 9.47 Å². The van der Waals surface area contributed by atoms with Crippen LogP contribution < -0.4 is 0 Å². The topological polar surface area (TPSA) is 62.5 Å². The van der Waals surface area contributed by atoms with Crippen LogP contribution in [0.3, 0.4) is 0 Å². The van der Waals surface area contributed by atoms with Crippen LogP contribution in [0, 0.1) is 0 Å². The Morgan fingerprint density at radius 2 is 1.11 bits per heavy atom. The average molecular weight is 376 g/mol. The number of aromatic nitrogens is 2. The van der Waals surface area contributed by atoms with E-state index in [1.165, 1.54) is 9.13 Å². The second kappa shape index (κ2) is 7.23. The molecule has 0 bridgehead atoms. The van der Waals surface area contributed by atoms with Gasteiger partial charge < -0.3 is 9.47 Å². The van der Waals surface area contributed by atoms with Gasteiger partial charge in [-0.05, 0) is 38.1 Å². The minimum absolute atomic E-state index is 0.256. The molecule has 0 amide bonds. The molecule has 0 atom stereocenters. The number of rotatable bonds is 3. The zero-order valence-electron chi connectivity index (χ0n) is 15.7. The van der Waals surface area contributed by atoms with Crippen molar-refractivity contribution >= 4 is 34.0 Å². The lowest BCUT2D eigenvalue weighted by atomic mass is 10.2. The summed E-state index contributed by atoms with van der Waals surface area (Å²) in [5.74, 6) is 0. The lowest BCUT2D eigenvalue weighted by molar-refractivity contribution is 0.153. The molecule has 0 radical (unpaired) electrons. The van der Waals surface area contributed by atoms with Crippen LogP contribution in [0.5, 0.6) is 0 Å². The molecule has 0 saturated carbocycles. The predicted molar refractivity (Wildman–Crippen MR) is 108 cm³/mol. The van der Waals surface area contributed by atoms with Gasteiger partial charge in [0.05, 0.1) is 35.6 Å². The van der Waals surface area contributed by atoms with Crippen LogP contribution in [0.25, 0.3) is 33.2 Å². The number of ether oxygens (including phenoxy) is 2. The average Bonchev–Trinajstić information content (AvgIpc) is 3.26. The van der Waals surface area contributed by atoms with E-state index in [-0.39, 0.29) is 13.2 Å². The van der Waals surface area contributed by atoms with E-state index in [1.807, 2.05) is 60.7 Å². The molecule has 0 spiro atoms. The van der Waals surface area contributed by atoms with Crippen molar-refractivity contribution in [1.29, 1.82) is 0 Å². The number of carbonyl (C=O) groups is 2. The summed E-state index contributed by atoms with van der Waals surface area (Å²) in [4.78, 5) is 25.5. The van der Waals surface area contributed by atoms with E-state index in [9.17, 15) is 9.59 Å². The summed E-state index contributed by atoms with van der Waals surface area (Å²) in [5.41, 5.74) is 2.58. The fraction of sp³-hybridized carbons (Fsp3) is 0.182. The van der Waals surface area contributed by atoms with Crippen LogP contribution in [0.1, 0.15) is 13.8 Å². The van der Waals surface area contributed by atoms with Gasteiger partial charge in [0.1, 0.15) is 0 Å². The van der Waals surface area contributed by atoms with E-state index in [4.69, 9.17) is 9.47 Å². The van der Waals surface area contributed by atoms with Crippen molar-refractivity contribution in [1.82, 2.24) is 9.13 Å². The summed E-state index contributed by atoms with van der Waals surface area (Å²) in [6.07, 6.45) is -0.973. The molecule has 0 unspecified atom stereocenters. The molecule has 0 aliphatic rings. The Kier molecular flexibility index (Phi) is 4.61. The van der Waals surface area contributed by atoms with Crippen LogP contribution in [0.2, 0.25) is 0 Å². The molecule has 2 aromatic carbocycles. The quantitative estimate of drug-likeness (QED) is 0.488. The van der Waals surface area contributed by atoms with Crippen molar-refractivity contribution in [2.75, 3.05) is 13.2 Å². The maximum Gasteiger partial charge on any atom is 0.419 e. The number of fused-ring (bicyclic) bond motifs is 2. The molecule has 0 aliphatic carbocycles. The Bertz CT molecular complexity index is 1090. The van der Waals surface area contributed by atoms with Gasteiger partial charge in [0.2, 0.25) is 0 Å². The Morgan fingerprint density at radius 1 is 0.714 bits per heavy atom. The predicted octanol–water partition coefficient (Wildman–Crippen LogP) is 5.27. The molecule has 142 valence electrons. The number of hydrogen-bond acceptors (Lipinski definition) is 4. The Hall–Kier alpha value is -3.54. The molecule has 2 heterocycles. The van der Waals surface area contributed by atoms with Crippen LogP contribution in [0.15, 0.2) is 60.7 Å². The maximum absolute atomic E-state index is 12.8. The van der Waals surface area contributed by atoms with Crippen molar-refractivity contribution in [2.45, 2.75) is 13.8 Å². The number of para-hydroxylation sites is 2.